The lowest BCUT2D eigenvalue weighted by Crippen LogP contribution is -2.46. The maximum absolute atomic E-state index is 12.5. The number of carbonyl (C=O) groups excluding carboxylic acids is 2. The summed E-state index contributed by atoms with van der Waals surface area (Å²) in [5.41, 5.74) is 0. The molecule has 1 atom stereocenters. The summed E-state index contributed by atoms with van der Waals surface area (Å²) in [7, 11) is 0. The molecule has 1 fully saturated rings. The second kappa shape index (κ2) is 8.74. The van der Waals surface area contributed by atoms with E-state index in [1.807, 2.05) is 41.8 Å². The van der Waals surface area contributed by atoms with Gasteiger partial charge in [0.05, 0.1) is 4.88 Å². The fourth-order valence-corrected chi connectivity index (χ4v) is 4.39. The maximum atomic E-state index is 12.5. The second-order valence-corrected chi connectivity index (χ2v) is 8.28. The smallest absolute Gasteiger partial charge is 0.264 e. The predicted octanol–water partition coefficient (Wildman–Crippen LogP) is 3.91. The van der Waals surface area contributed by atoms with E-state index < -0.39 is 0 Å². The molecule has 4 nitrogen and oxygen atoms in total. The Morgan fingerprint density at radius 2 is 2.08 bits per heavy atom. The van der Waals surface area contributed by atoms with E-state index in [9.17, 15) is 9.59 Å². The number of nitrogens with one attached hydrogen (secondary N) is 1. The highest BCUT2D eigenvalue weighted by molar-refractivity contribution is 7.99. The number of thioether (sulfide) groups is 1. The van der Waals surface area contributed by atoms with Crippen LogP contribution in [0.3, 0.4) is 0 Å². The summed E-state index contributed by atoms with van der Waals surface area (Å²) in [5.74, 6) is 0.682. The number of carbonyl (C=O) groups is 2. The number of hydrogen-bond donors (Lipinski definition) is 1. The Bertz CT molecular complexity index is 719. The molecule has 1 saturated heterocycles. The number of thiophene rings is 1. The third-order valence-electron chi connectivity index (χ3n) is 4.03. The third-order valence-corrected chi connectivity index (χ3v) is 6.16. The zero-order valence-electron chi connectivity index (χ0n) is 13.6. The molecule has 132 valence electrons. The van der Waals surface area contributed by atoms with Crippen molar-refractivity contribution in [2.45, 2.75) is 23.8 Å². The minimum absolute atomic E-state index is 0.0387. The van der Waals surface area contributed by atoms with E-state index in [2.05, 4.69) is 5.32 Å². The van der Waals surface area contributed by atoms with Crippen LogP contribution >= 0.6 is 34.7 Å². The summed E-state index contributed by atoms with van der Waals surface area (Å²) < 4.78 is 0. The Morgan fingerprint density at radius 3 is 2.80 bits per heavy atom. The summed E-state index contributed by atoms with van der Waals surface area (Å²) in [6.45, 7) is 1.22. The van der Waals surface area contributed by atoms with Crippen LogP contribution in [0.1, 0.15) is 22.5 Å². The van der Waals surface area contributed by atoms with Crippen molar-refractivity contribution in [1.29, 1.82) is 0 Å². The molecule has 1 aliphatic heterocycles. The van der Waals surface area contributed by atoms with Gasteiger partial charge in [0.1, 0.15) is 6.04 Å². The Kier molecular flexibility index (Phi) is 6.39. The van der Waals surface area contributed by atoms with Crippen LogP contribution in [0.2, 0.25) is 5.02 Å². The van der Waals surface area contributed by atoms with Gasteiger partial charge < -0.3 is 10.2 Å². The summed E-state index contributed by atoms with van der Waals surface area (Å²) in [6, 6.07) is 11.0. The highest BCUT2D eigenvalue weighted by Crippen LogP contribution is 2.23. The van der Waals surface area contributed by atoms with Crippen molar-refractivity contribution in [2.75, 3.05) is 18.8 Å². The van der Waals surface area contributed by atoms with E-state index in [0.29, 0.717) is 18.0 Å². The van der Waals surface area contributed by atoms with E-state index >= 15 is 0 Å². The lowest BCUT2D eigenvalue weighted by Gasteiger charge is -2.23. The van der Waals surface area contributed by atoms with Gasteiger partial charge in [-0.25, -0.2) is 0 Å². The molecule has 0 unspecified atom stereocenters. The van der Waals surface area contributed by atoms with Gasteiger partial charge in [0.2, 0.25) is 5.91 Å². The zero-order chi connectivity index (χ0) is 17.6. The van der Waals surface area contributed by atoms with Crippen LogP contribution in [0.25, 0.3) is 0 Å². The van der Waals surface area contributed by atoms with Gasteiger partial charge in [-0.2, -0.15) is 0 Å². The molecular weight excluding hydrogens is 376 g/mol. The lowest BCUT2D eigenvalue weighted by molar-refractivity contribution is -0.124. The number of halogens is 1. The fraction of sp³-hybridized carbons (Fsp3) is 0.333. The van der Waals surface area contributed by atoms with Crippen LogP contribution < -0.4 is 5.32 Å². The molecule has 25 heavy (non-hydrogen) atoms. The SMILES string of the molecule is O=C(NCCSc1ccc(Cl)cc1)[C@H]1CCCN1C(=O)c1cccs1. The number of benzene rings is 1. The molecule has 1 aromatic heterocycles. The molecule has 2 heterocycles. The quantitative estimate of drug-likeness (QED) is 0.596. The van der Waals surface area contributed by atoms with E-state index in [1.165, 1.54) is 11.3 Å². The molecule has 2 amide bonds. The molecule has 2 aromatic rings. The van der Waals surface area contributed by atoms with Gasteiger partial charge in [-0.05, 0) is 48.6 Å². The van der Waals surface area contributed by atoms with Gasteiger partial charge in [-0.3, -0.25) is 9.59 Å². The topological polar surface area (TPSA) is 49.4 Å². The normalized spacial score (nSPS) is 16.8. The number of nitrogens with zero attached hydrogens (tertiary/aromatic N) is 1. The number of likely N-dealkylation sites (tertiary alicyclic amines) is 1. The van der Waals surface area contributed by atoms with E-state index in [4.69, 9.17) is 11.6 Å². The number of amides is 2. The van der Waals surface area contributed by atoms with Crippen molar-refractivity contribution >= 4 is 46.5 Å². The molecule has 3 rings (SSSR count). The summed E-state index contributed by atoms with van der Waals surface area (Å²) in [5, 5.41) is 5.56. The first-order valence-electron chi connectivity index (χ1n) is 8.16. The molecular formula is C18H19ClN2O2S2. The van der Waals surface area contributed by atoms with E-state index in [-0.39, 0.29) is 17.9 Å². The van der Waals surface area contributed by atoms with Crippen LogP contribution in [0.15, 0.2) is 46.7 Å². The van der Waals surface area contributed by atoms with Gasteiger partial charge >= 0.3 is 0 Å². The Labute approximate surface area is 160 Å². The van der Waals surface area contributed by atoms with E-state index in [0.717, 1.165) is 28.5 Å². The van der Waals surface area contributed by atoms with Crippen molar-refractivity contribution in [1.82, 2.24) is 10.2 Å². The average Bonchev–Trinajstić information content (AvgIpc) is 3.31. The first-order valence-corrected chi connectivity index (χ1v) is 10.4. The number of rotatable bonds is 6. The fourth-order valence-electron chi connectivity index (χ4n) is 2.82. The summed E-state index contributed by atoms with van der Waals surface area (Å²) in [4.78, 5) is 28.5. The summed E-state index contributed by atoms with van der Waals surface area (Å²) >= 11 is 8.95. The highest BCUT2D eigenvalue weighted by Gasteiger charge is 2.34. The average molecular weight is 395 g/mol. The highest BCUT2D eigenvalue weighted by atomic mass is 35.5. The molecule has 1 aliphatic rings. The van der Waals surface area contributed by atoms with Crippen molar-refractivity contribution in [2.24, 2.45) is 0 Å². The largest absolute Gasteiger partial charge is 0.353 e. The van der Waals surface area contributed by atoms with Crippen LogP contribution in [0, 0.1) is 0 Å². The minimum Gasteiger partial charge on any atom is -0.353 e. The molecule has 7 heteroatoms. The van der Waals surface area contributed by atoms with Crippen molar-refractivity contribution in [3.8, 4) is 0 Å². The van der Waals surface area contributed by atoms with Crippen LogP contribution in [0.5, 0.6) is 0 Å². The van der Waals surface area contributed by atoms with Crippen LogP contribution in [0.4, 0.5) is 0 Å². The Hall–Kier alpha value is -1.50. The van der Waals surface area contributed by atoms with Gasteiger partial charge in [0.15, 0.2) is 0 Å². The first-order chi connectivity index (χ1) is 12.1. The zero-order valence-corrected chi connectivity index (χ0v) is 16.0. The van der Waals surface area contributed by atoms with Gasteiger partial charge in [0, 0.05) is 28.8 Å². The molecule has 0 saturated carbocycles. The second-order valence-electron chi connectivity index (χ2n) is 5.73. The standard InChI is InChI=1S/C18H19ClN2O2S2/c19-13-5-7-14(8-6-13)24-12-9-20-17(22)15-3-1-10-21(15)18(23)16-4-2-11-25-16/h2,4-8,11,15H,1,3,9-10,12H2,(H,20,22)/t15-/m1/s1. The molecule has 0 radical (unpaired) electrons. The molecule has 1 N–H and O–H groups in total. The summed E-state index contributed by atoms with van der Waals surface area (Å²) in [6.07, 6.45) is 1.60. The van der Waals surface area contributed by atoms with Gasteiger partial charge in [-0.1, -0.05) is 17.7 Å². The molecule has 0 spiro atoms. The lowest BCUT2D eigenvalue weighted by atomic mass is 10.2. The maximum Gasteiger partial charge on any atom is 0.264 e. The van der Waals surface area contributed by atoms with Crippen LogP contribution in [-0.2, 0) is 4.79 Å². The van der Waals surface area contributed by atoms with Gasteiger partial charge in [-0.15, -0.1) is 23.1 Å². The number of hydrogen-bond acceptors (Lipinski definition) is 4. The molecule has 0 aliphatic carbocycles. The third kappa shape index (κ3) is 4.77. The molecule has 0 bridgehead atoms. The predicted molar refractivity (Wildman–Crippen MR) is 104 cm³/mol. The minimum atomic E-state index is -0.352. The Morgan fingerprint density at radius 1 is 1.28 bits per heavy atom. The molecule has 1 aromatic carbocycles. The van der Waals surface area contributed by atoms with Crippen molar-refractivity contribution in [3.05, 3.63) is 51.7 Å². The first kappa shape index (κ1) is 18.3. The van der Waals surface area contributed by atoms with Crippen LogP contribution in [-0.4, -0.2) is 41.6 Å². The van der Waals surface area contributed by atoms with Gasteiger partial charge in [0.25, 0.3) is 5.91 Å². The van der Waals surface area contributed by atoms with Crippen molar-refractivity contribution < 1.29 is 9.59 Å². The Balaban J connectivity index is 1.47. The monoisotopic (exact) mass is 394 g/mol. The van der Waals surface area contributed by atoms with Crippen molar-refractivity contribution in [3.63, 3.8) is 0 Å². The van der Waals surface area contributed by atoms with E-state index in [1.54, 1.807) is 16.7 Å².